The van der Waals surface area contributed by atoms with E-state index in [0.29, 0.717) is 0 Å². The molecule has 0 atom stereocenters. The molecule has 1 amide bonds. The number of nitrogens with one attached hydrogen (secondary N) is 1. The molecule has 0 spiro atoms. The summed E-state index contributed by atoms with van der Waals surface area (Å²) >= 11 is 0. The molecule has 0 fully saturated rings. The van der Waals surface area contributed by atoms with Crippen molar-refractivity contribution in [1.82, 2.24) is 5.43 Å². The standard InChI is InChI=1S/C18H18N2O2/c1-14-3-5-16(6-4-14)13-19-20-18(21)12-9-15-7-10-17(22-2)11-8-15/h3-13H,1-2H3,(H,20,21)/b12-9+,19-13+. The van der Waals surface area contributed by atoms with Gasteiger partial charge in [-0.05, 0) is 36.3 Å². The summed E-state index contributed by atoms with van der Waals surface area (Å²) in [6, 6.07) is 15.3. The molecule has 0 aliphatic heterocycles. The van der Waals surface area contributed by atoms with Crippen molar-refractivity contribution in [3.05, 3.63) is 71.3 Å². The van der Waals surface area contributed by atoms with Gasteiger partial charge in [-0.3, -0.25) is 4.79 Å². The number of carbonyl (C=O) groups excluding carboxylic acids is 1. The quantitative estimate of drug-likeness (QED) is 0.523. The van der Waals surface area contributed by atoms with Gasteiger partial charge in [-0.15, -0.1) is 0 Å². The SMILES string of the molecule is COc1ccc(/C=C/C(=O)N/N=C/c2ccc(C)cc2)cc1. The fourth-order valence-electron chi connectivity index (χ4n) is 1.75. The summed E-state index contributed by atoms with van der Waals surface area (Å²) in [5.41, 5.74) is 5.49. The molecule has 2 aromatic carbocycles. The first-order chi connectivity index (χ1) is 10.7. The van der Waals surface area contributed by atoms with E-state index in [1.807, 2.05) is 55.5 Å². The van der Waals surface area contributed by atoms with Gasteiger partial charge in [0.2, 0.25) is 0 Å². The van der Waals surface area contributed by atoms with Gasteiger partial charge in [0.1, 0.15) is 5.75 Å². The average Bonchev–Trinajstić information content (AvgIpc) is 2.55. The summed E-state index contributed by atoms with van der Waals surface area (Å²) in [5.74, 6) is 0.503. The minimum absolute atomic E-state index is 0.279. The Labute approximate surface area is 130 Å². The average molecular weight is 294 g/mol. The van der Waals surface area contributed by atoms with Crippen molar-refractivity contribution in [3.63, 3.8) is 0 Å². The number of benzene rings is 2. The minimum atomic E-state index is -0.279. The van der Waals surface area contributed by atoms with Crippen LogP contribution in [0.3, 0.4) is 0 Å². The van der Waals surface area contributed by atoms with E-state index in [2.05, 4.69) is 10.5 Å². The second kappa shape index (κ2) is 7.78. The number of hydrazone groups is 1. The number of hydrogen-bond acceptors (Lipinski definition) is 3. The molecule has 0 saturated heterocycles. The predicted octanol–water partition coefficient (Wildman–Crippen LogP) is 3.17. The number of amides is 1. The summed E-state index contributed by atoms with van der Waals surface area (Å²) in [7, 11) is 1.62. The van der Waals surface area contributed by atoms with E-state index in [1.165, 1.54) is 11.6 Å². The van der Waals surface area contributed by atoms with Crippen LogP contribution in [0.15, 0.2) is 59.7 Å². The van der Waals surface area contributed by atoms with Gasteiger partial charge in [-0.25, -0.2) is 5.43 Å². The van der Waals surface area contributed by atoms with E-state index in [1.54, 1.807) is 19.4 Å². The molecule has 22 heavy (non-hydrogen) atoms. The van der Waals surface area contributed by atoms with Crippen molar-refractivity contribution in [2.75, 3.05) is 7.11 Å². The van der Waals surface area contributed by atoms with E-state index in [0.717, 1.165) is 16.9 Å². The first-order valence-corrected chi connectivity index (χ1v) is 6.89. The van der Waals surface area contributed by atoms with E-state index in [-0.39, 0.29) is 5.91 Å². The van der Waals surface area contributed by atoms with Gasteiger partial charge in [0, 0.05) is 6.08 Å². The van der Waals surface area contributed by atoms with E-state index in [9.17, 15) is 4.79 Å². The van der Waals surface area contributed by atoms with Gasteiger partial charge >= 0.3 is 0 Å². The summed E-state index contributed by atoms with van der Waals surface area (Å²) in [4.78, 5) is 11.6. The molecule has 4 heteroatoms. The van der Waals surface area contributed by atoms with Gasteiger partial charge in [-0.2, -0.15) is 5.10 Å². The normalized spacial score (nSPS) is 11.0. The Morgan fingerprint density at radius 3 is 2.32 bits per heavy atom. The number of hydrogen-bond donors (Lipinski definition) is 1. The van der Waals surface area contributed by atoms with Gasteiger partial charge in [-0.1, -0.05) is 42.0 Å². The highest BCUT2D eigenvalue weighted by molar-refractivity contribution is 5.92. The van der Waals surface area contributed by atoms with E-state index >= 15 is 0 Å². The number of aryl methyl sites for hydroxylation is 1. The third-order valence-electron chi connectivity index (χ3n) is 3.01. The molecule has 0 aliphatic carbocycles. The second-order valence-electron chi connectivity index (χ2n) is 4.75. The maximum atomic E-state index is 11.6. The molecule has 0 bridgehead atoms. The molecule has 0 aliphatic rings. The Kier molecular flexibility index (Phi) is 5.49. The van der Waals surface area contributed by atoms with Crippen molar-refractivity contribution >= 4 is 18.2 Å². The highest BCUT2D eigenvalue weighted by Crippen LogP contribution is 2.12. The van der Waals surface area contributed by atoms with Crippen molar-refractivity contribution in [1.29, 1.82) is 0 Å². The number of rotatable bonds is 5. The van der Waals surface area contributed by atoms with Crippen molar-refractivity contribution in [3.8, 4) is 5.75 Å². The Morgan fingerprint density at radius 2 is 1.68 bits per heavy atom. The lowest BCUT2D eigenvalue weighted by Crippen LogP contribution is -2.14. The molecule has 112 valence electrons. The lowest BCUT2D eigenvalue weighted by atomic mass is 10.2. The number of ether oxygens (including phenoxy) is 1. The van der Waals surface area contributed by atoms with Crippen LogP contribution in [-0.4, -0.2) is 19.2 Å². The highest BCUT2D eigenvalue weighted by atomic mass is 16.5. The topological polar surface area (TPSA) is 50.7 Å². The summed E-state index contributed by atoms with van der Waals surface area (Å²) in [6.45, 7) is 2.02. The molecule has 0 aromatic heterocycles. The lowest BCUT2D eigenvalue weighted by Gasteiger charge is -1.99. The number of carbonyl (C=O) groups is 1. The Hall–Kier alpha value is -2.88. The van der Waals surface area contributed by atoms with Gasteiger partial charge in [0.15, 0.2) is 0 Å². The Bertz CT molecular complexity index is 671. The van der Waals surface area contributed by atoms with Gasteiger partial charge in [0.25, 0.3) is 5.91 Å². The lowest BCUT2D eigenvalue weighted by molar-refractivity contribution is -0.116. The first kappa shape index (κ1) is 15.5. The maximum absolute atomic E-state index is 11.6. The first-order valence-electron chi connectivity index (χ1n) is 6.89. The van der Waals surface area contributed by atoms with Crippen molar-refractivity contribution in [2.45, 2.75) is 6.92 Å². The maximum Gasteiger partial charge on any atom is 0.264 e. The van der Waals surface area contributed by atoms with Crippen LogP contribution in [0.2, 0.25) is 0 Å². The molecule has 0 saturated carbocycles. The van der Waals surface area contributed by atoms with Crippen LogP contribution in [0.25, 0.3) is 6.08 Å². The molecule has 0 unspecified atom stereocenters. The smallest absolute Gasteiger partial charge is 0.264 e. The molecule has 0 heterocycles. The fourth-order valence-corrected chi connectivity index (χ4v) is 1.75. The van der Waals surface area contributed by atoms with E-state index < -0.39 is 0 Å². The molecule has 2 rings (SSSR count). The molecular weight excluding hydrogens is 276 g/mol. The summed E-state index contributed by atoms with van der Waals surface area (Å²) in [5, 5.41) is 3.92. The number of methoxy groups -OCH3 is 1. The Balaban J connectivity index is 1.86. The molecule has 0 radical (unpaired) electrons. The van der Waals surface area contributed by atoms with Crippen molar-refractivity contribution < 1.29 is 9.53 Å². The zero-order valence-corrected chi connectivity index (χ0v) is 12.6. The minimum Gasteiger partial charge on any atom is -0.497 e. The molecule has 2 aromatic rings. The van der Waals surface area contributed by atoms with Crippen LogP contribution >= 0.6 is 0 Å². The molecule has 1 N–H and O–H groups in total. The molecule has 4 nitrogen and oxygen atoms in total. The van der Waals surface area contributed by atoms with Crippen LogP contribution in [0, 0.1) is 6.92 Å². The number of nitrogens with zero attached hydrogens (tertiary/aromatic N) is 1. The van der Waals surface area contributed by atoms with E-state index in [4.69, 9.17) is 4.74 Å². The third kappa shape index (κ3) is 4.90. The monoisotopic (exact) mass is 294 g/mol. The van der Waals surface area contributed by atoms with Crippen LogP contribution in [0.5, 0.6) is 5.75 Å². The van der Waals surface area contributed by atoms with Crippen molar-refractivity contribution in [2.24, 2.45) is 5.10 Å². The second-order valence-corrected chi connectivity index (χ2v) is 4.75. The third-order valence-corrected chi connectivity index (χ3v) is 3.01. The zero-order chi connectivity index (χ0) is 15.8. The summed E-state index contributed by atoms with van der Waals surface area (Å²) in [6.07, 6.45) is 4.77. The zero-order valence-electron chi connectivity index (χ0n) is 12.6. The van der Waals surface area contributed by atoms with Crippen LogP contribution < -0.4 is 10.2 Å². The molecular formula is C18H18N2O2. The summed E-state index contributed by atoms with van der Waals surface area (Å²) < 4.78 is 5.07. The predicted molar refractivity (Wildman–Crippen MR) is 88.9 cm³/mol. The Morgan fingerprint density at radius 1 is 1.05 bits per heavy atom. The fraction of sp³-hybridized carbons (Fsp3) is 0.111. The van der Waals surface area contributed by atoms with Gasteiger partial charge < -0.3 is 4.74 Å². The largest absolute Gasteiger partial charge is 0.497 e. The van der Waals surface area contributed by atoms with Crippen LogP contribution in [0.1, 0.15) is 16.7 Å². The van der Waals surface area contributed by atoms with Crippen LogP contribution in [-0.2, 0) is 4.79 Å². The van der Waals surface area contributed by atoms with Crippen LogP contribution in [0.4, 0.5) is 0 Å². The highest BCUT2D eigenvalue weighted by Gasteiger charge is 1.94. The van der Waals surface area contributed by atoms with Gasteiger partial charge in [0.05, 0.1) is 13.3 Å².